The lowest BCUT2D eigenvalue weighted by Gasteiger charge is -2.00. The second kappa shape index (κ2) is 2.66. The van der Waals surface area contributed by atoms with Crippen LogP contribution in [0.1, 0.15) is 5.56 Å². The molecule has 1 aliphatic heterocycles. The monoisotopic (exact) mass is 243 g/mol. The van der Waals surface area contributed by atoms with Crippen molar-refractivity contribution in [2.45, 2.75) is 6.42 Å². The first-order valence-electron chi connectivity index (χ1n) is 3.65. The molecule has 0 unspecified atom stereocenters. The van der Waals surface area contributed by atoms with E-state index in [9.17, 15) is 9.59 Å². The fraction of sp³-hybridized carbons (Fsp3) is 0.286. The topological polar surface area (TPSA) is 67.2 Å². The van der Waals surface area contributed by atoms with Gasteiger partial charge < -0.3 is 0 Å². The number of aromatic nitrogens is 2. The smallest absolute Gasteiger partial charge is 0.281 e. The first-order chi connectivity index (χ1) is 6.09. The molecule has 1 aromatic heterocycles. The van der Waals surface area contributed by atoms with E-state index in [4.69, 9.17) is 0 Å². The minimum Gasteiger partial charge on any atom is -0.281 e. The summed E-state index contributed by atoms with van der Waals surface area (Å²) in [4.78, 5) is 28.7. The maximum absolute atomic E-state index is 11.3. The van der Waals surface area contributed by atoms with E-state index in [1.165, 1.54) is 4.57 Å². The molecule has 0 atom stereocenters. The Kier molecular flexibility index (Phi) is 1.73. The number of fused-ring (bicyclic) bond motifs is 1. The molecule has 0 spiro atoms. The quantitative estimate of drug-likeness (QED) is 0.700. The minimum absolute atomic E-state index is 0.351. The highest BCUT2D eigenvalue weighted by atomic mass is 79.9. The summed E-state index contributed by atoms with van der Waals surface area (Å²) in [5.74, 6) is 0.445. The summed E-state index contributed by atoms with van der Waals surface area (Å²) in [7, 11) is 1.58. The maximum atomic E-state index is 11.3. The van der Waals surface area contributed by atoms with Crippen molar-refractivity contribution in [2.24, 2.45) is 12.0 Å². The van der Waals surface area contributed by atoms with Crippen LogP contribution in [-0.2, 0) is 13.5 Å². The van der Waals surface area contributed by atoms with Crippen molar-refractivity contribution in [3.05, 3.63) is 26.4 Å². The molecule has 2 rings (SSSR count). The number of nitrogens with zero attached hydrogens (tertiary/aromatic N) is 2. The minimum atomic E-state index is -0.435. The van der Waals surface area contributed by atoms with E-state index in [0.717, 1.165) is 0 Å². The van der Waals surface area contributed by atoms with Crippen molar-refractivity contribution in [3.63, 3.8) is 0 Å². The average Bonchev–Trinajstić information content (AvgIpc) is 2.44. The van der Waals surface area contributed by atoms with Crippen LogP contribution in [0.2, 0.25) is 0 Å². The van der Waals surface area contributed by atoms with Crippen LogP contribution in [0.15, 0.2) is 14.6 Å². The number of halogens is 1. The summed E-state index contributed by atoms with van der Waals surface area (Å²) in [6.45, 7) is 0. The van der Waals surface area contributed by atoms with Gasteiger partial charge in [-0.3, -0.25) is 14.3 Å². The second-order valence-electron chi connectivity index (χ2n) is 2.79. The Hall–Kier alpha value is -1.17. The number of hydrogen-bond donors (Lipinski definition) is 1. The van der Waals surface area contributed by atoms with Gasteiger partial charge in [0.1, 0.15) is 5.82 Å². The summed E-state index contributed by atoms with van der Waals surface area (Å²) in [6.07, 6.45) is 0.457. The number of H-pyrrole nitrogens is 1. The van der Waals surface area contributed by atoms with Gasteiger partial charge in [0, 0.05) is 13.5 Å². The predicted molar refractivity (Wildman–Crippen MR) is 52.0 cm³/mol. The lowest BCUT2D eigenvalue weighted by Crippen LogP contribution is -2.29. The average molecular weight is 244 g/mol. The van der Waals surface area contributed by atoms with Crippen LogP contribution in [-0.4, -0.2) is 14.2 Å². The van der Waals surface area contributed by atoms with Gasteiger partial charge in [-0.2, -0.15) is 0 Å². The van der Waals surface area contributed by atoms with Crippen LogP contribution in [0.5, 0.6) is 0 Å². The molecule has 1 aliphatic rings. The van der Waals surface area contributed by atoms with Crippen LogP contribution in [0, 0.1) is 0 Å². The summed E-state index contributed by atoms with van der Waals surface area (Å²) in [5, 5.41) is 0. The molecule has 0 fully saturated rings. The zero-order valence-electron chi connectivity index (χ0n) is 6.80. The normalized spacial score (nSPS) is 14.2. The van der Waals surface area contributed by atoms with Gasteiger partial charge in [-0.05, 0) is 15.9 Å². The zero-order valence-corrected chi connectivity index (χ0v) is 8.38. The number of aliphatic imine (C=N–C) groups is 1. The molecule has 0 radical (unpaired) electrons. The van der Waals surface area contributed by atoms with E-state index < -0.39 is 5.69 Å². The Morgan fingerprint density at radius 2 is 2.23 bits per heavy atom. The van der Waals surface area contributed by atoms with Gasteiger partial charge in [0.05, 0.1) is 10.2 Å². The van der Waals surface area contributed by atoms with E-state index in [0.29, 0.717) is 22.4 Å². The van der Waals surface area contributed by atoms with Crippen molar-refractivity contribution in [1.82, 2.24) is 9.55 Å². The molecule has 0 saturated carbocycles. The SMILES string of the molecule is Cn1c2c(c(=O)[nH]c1=O)CC(Br)=N2. The summed E-state index contributed by atoms with van der Waals surface area (Å²) in [5.41, 5.74) is -0.250. The first kappa shape index (κ1) is 8.43. The third-order valence-electron chi connectivity index (χ3n) is 1.94. The van der Waals surface area contributed by atoms with Crippen LogP contribution < -0.4 is 11.2 Å². The lowest BCUT2D eigenvalue weighted by molar-refractivity contribution is 0.796. The predicted octanol–water partition coefficient (Wildman–Crippen LogP) is 0.0546. The number of nitrogens with one attached hydrogen (secondary N) is 1. The highest BCUT2D eigenvalue weighted by Gasteiger charge is 2.19. The molecule has 5 nitrogen and oxygen atoms in total. The van der Waals surface area contributed by atoms with Gasteiger partial charge in [-0.15, -0.1) is 0 Å². The standard InChI is InChI=1S/C7H6BrN3O2/c1-11-5-3(2-4(8)9-5)6(12)10-7(11)13/h2H2,1H3,(H,10,12,13). The van der Waals surface area contributed by atoms with Crippen LogP contribution in [0.3, 0.4) is 0 Å². The zero-order chi connectivity index (χ0) is 9.59. The molecule has 13 heavy (non-hydrogen) atoms. The van der Waals surface area contributed by atoms with Gasteiger partial charge >= 0.3 is 5.69 Å². The van der Waals surface area contributed by atoms with Crippen molar-refractivity contribution in [1.29, 1.82) is 0 Å². The molecule has 0 aromatic carbocycles. The van der Waals surface area contributed by atoms with Crippen molar-refractivity contribution in [3.8, 4) is 0 Å². The van der Waals surface area contributed by atoms with Gasteiger partial charge in [0.15, 0.2) is 0 Å². The molecule has 1 aromatic rings. The van der Waals surface area contributed by atoms with Crippen molar-refractivity contribution < 1.29 is 0 Å². The fourth-order valence-electron chi connectivity index (χ4n) is 1.26. The van der Waals surface area contributed by atoms with E-state index in [1.54, 1.807) is 7.05 Å². The Balaban J connectivity index is 2.87. The Bertz CT molecular complexity index is 511. The number of aromatic amines is 1. The lowest BCUT2D eigenvalue weighted by atomic mass is 10.2. The molecule has 0 bridgehead atoms. The van der Waals surface area contributed by atoms with Crippen LogP contribution >= 0.6 is 15.9 Å². The van der Waals surface area contributed by atoms with Crippen molar-refractivity contribution >= 4 is 26.4 Å². The molecule has 2 heterocycles. The second-order valence-corrected chi connectivity index (χ2v) is 3.70. The molecular weight excluding hydrogens is 238 g/mol. The molecule has 1 N–H and O–H groups in total. The first-order valence-corrected chi connectivity index (χ1v) is 4.44. The van der Waals surface area contributed by atoms with E-state index in [1.807, 2.05) is 0 Å². The third kappa shape index (κ3) is 1.17. The van der Waals surface area contributed by atoms with Crippen LogP contribution in [0.4, 0.5) is 5.82 Å². The molecule has 0 amide bonds. The largest absolute Gasteiger partial charge is 0.329 e. The molecule has 0 saturated heterocycles. The van der Waals surface area contributed by atoms with Gasteiger partial charge in [-0.25, -0.2) is 9.79 Å². The maximum Gasteiger partial charge on any atom is 0.329 e. The van der Waals surface area contributed by atoms with Gasteiger partial charge in [0.25, 0.3) is 5.56 Å². The third-order valence-corrected chi connectivity index (χ3v) is 2.39. The number of rotatable bonds is 0. The number of hydrogen-bond acceptors (Lipinski definition) is 3. The molecule has 0 aliphatic carbocycles. The summed E-state index contributed by atoms with van der Waals surface area (Å²) >= 11 is 3.19. The highest BCUT2D eigenvalue weighted by Crippen LogP contribution is 2.22. The van der Waals surface area contributed by atoms with Crippen molar-refractivity contribution in [2.75, 3.05) is 0 Å². The summed E-state index contributed by atoms with van der Waals surface area (Å²) in [6, 6.07) is 0. The Morgan fingerprint density at radius 1 is 1.54 bits per heavy atom. The van der Waals surface area contributed by atoms with E-state index >= 15 is 0 Å². The summed E-state index contributed by atoms with van der Waals surface area (Å²) < 4.78 is 2.00. The van der Waals surface area contributed by atoms with Crippen LogP contribution in [0.25, 0.3) is 0 Å². The fourth-order valence-corrected chi connectivity index (χ4v) is 1.71. The van der Waals surface area contributed by atoms with Gasteiger partial charge in [0.2, 0.25) is 0 Å². The van der Waals surface area contributed by atoms with E-state index in [-0.39, 0.29) is 5.56 Å². The van der Waals surface area contributed by atoms with E-state index in [2.05, 4.69) is 25.9 Å². The van der Waals surface area contributed by atoms with Gasteiger partial charge in [-0.1, -0.05) is 0 Å². The molecule has 6 heteroatoms. The Labute approximate surface area is 81.3 Å². The Morgan fingerprint density at radius 3 is 2.92 bits per heavy atom. The molecule has 68 valence electrons. The highest BCUT2D eigenvalue weighted by molar-refractivity contribution is 9.18. The molecular formula is C7H6BrN3O2.